The van der Waals surface area contributed by atoms with Crippen molar-refractivity contribution in [1.82, 2.24) is 9.97 Å². The number of methoxy groups -OCH3 is 1. The number of aromatic nitrogens is 2. The van der Waals surface area contributed by atoms with Crippen molar-refractivity contribution in [2.75, 3.05) is 7.11 Å². The van der Waals surface area contributed by atoms with E-state index in [1.807, 2.05) is 27.7 Å². The molecule has 0 aliphatic carbocycles. The van der Waals surface area contributed by atoms with E-state index in [-0.39, 0.29) is 11.5 Å². The van der Waals surface area contributed by atoms with Crippen molar-refractivity contribution < 1.29 is 4.74 Å². The van der Waals surface area contributed by atoms with Gasteiger partial charge in [0.15, 0.2) is 0 Å². The Bertz CT molecular complexity index is 356. The van der Waals surface area contributed by atoms with Crippen LogP contribution in [0.15, 0.2) is 4.79 Å². The molecular weight excluding hydrogens is 192 g/mol. The maximum absolute atomic E-state index is 11.4. The minimum Gasteiger partial charge on any atom is -0.480 e. The zero-order valence-corrected chi connectivity index (χ0v) is 10.3. The summed E-state index contributed by atoms with van der Waals surface area (Å²) in [5.74, 6) is 0.599. The standard InChI is InChI=1S/C9H14N2O2.C2H6/c1-5(2)7-8(12)10-6(3)9(11-7)13-4;1-2/h5H,1-4H3,(H,10,12);1-2H3. The van der Waals surface area contributed by atoms with Crippen molar-refractivity contribution in [1.29, 1.82) is 0 Å². The number of hydrogen-bond acceptors (Lipinski definition) is 3. The number of nitrogens with zero attached hydrogens (tertiary/aromatic N) is 1. The first-order valence-corrected chi connectivity index (χ1v) is 5.21. The Balaban J connectivity index is 0.000000921. The third-order valence-corrected chi connectivity index (χ3v) is 1.82. The van der Waals surface area contributed by atoms with Gasteiger partial charge in [0.1, 0.15) is 5.69 Å². The highest BCUT2D eigenvalue weighted by atomic mass is 16.5. The molecule has 0 aliphatic heterocycles. The molecule has 0 amide bonds. The second kappa shape index (κ2) is 6.22. The van der Waals surface area contributed by atoms with Crippen LogP contribution in [0.2, 0.25) is 0 Å². The maximum atomic E-state index is 11.4. The van der Waals surface area contributed by atoms with E-state index in [1.54, 1.807) is 6.92 Å². The van der Waals surface area contributed by atoms with Crippen LogP contribution in [-0.4, -0.2) is 17.1 Å². The van der Waals surface area contributed by atoms with Gasteiger partial charge in [-0.25, -0.2) is 4.98 Å². The molecule has 1 rings (SSSR count). The monoisotopic (exact) mass is 212 g/mol. The quantitative estimate of drug-likeness (QED) is 0.818. The molecule has 0 fully saturated rings. The first-order valence-electron chi connectivity index (χ1n) is 5.21. The van der Waals surface area contributed by atoms with Gasteiger partial charge >= 0.3 is 0 Å². The van der Waals surface area contributed by atoms with E-state index in [4.69, 9.17) is 4.74 Å². The SMILES string of the molecule is CC.COc1nc(C(C)C)c(=O)[nH]c1C. The molecule has 0 radical (unpaired) electrons. The predicted octanol–water partition coefficient (Wildman–Crippen LogP) is 2.24. The van der Waals surface area contributed by atoms with Crippen LogP contribution in [0.1, 0.15) is 45.0 Å². The van der Waals surface area contributed by atoms with Crippen LogP contribution in [0.3, 0.4) is 0 Å². The maximum Gasteiger partial charge on any atom is 0.270 e. The van der Waals surface area contributed by atoms with Crippen LogP contribution in [-0.2, 0) is 0 Å². The summed E-state index contributed by atoms with van der Waals surface area (Å²) in [5.41, 5.74) is 1.05. The lowest BCUT2D eigenvalue weighted by molar-refractivity contribution is 0.388. The van der Waals surface area contributed by atoms with E-state index in [0.29, 0.717) is 17.3 Å². The third-order valence-electron chi connectivity index (χ3n) is 1.82. The zero-order chi connectivity index (χ0) is 12.0. The van der Waals surface area contributed by atoms with Crippen LogP contribution in [0.25, 0.3) is 0 Å². The molecule has 86 valence electrons. The van der Waals surface area contributed by atoms with Crippen molar-refractivity contribution in [3.05, 3.63) is 21.7 Å². The van der Waals surface area contributed by atoms with E-state index >= 15 is 0 Å². The molecule has 0 unspecified atom stereocenters. The van der Waals surface area contributed by atoms with Gasteiger partial charge in [-0.1, -0.05) is 27.7 Å². The average molecular weight is 212 g/mol. The smallest absolute Gasteiger partial charge is 0.270 e. The molecule has 0 saturated heterocycles. The average Bonchev–Trinajstić information content (AvgIpc) is 2.20. The molecule has 1 heterocycles. The lowest BCUT2D eigenvalue weighted by Gasteiger charge is -2.07. The fourth-order valence-electron chi connectivity index (χ4n) is 1.12. The molecular formula is C11H20N2O2. The summed E-state index contributed by atoms with van der Waals surface area (Å²) in [7, 11) is 1.54. The number of nitrogens with one attached hydrogen (secondary N) is 1. The van der Waals surface area contributed by atoms with Crippen molar-refractivity contribution in [2.45, 2.75) is 40.5 Å². The number of ether oxygens (including phenoxy) is 1. The largest absolute Gasteiger partial charge is 0.480 e. The summed E-state index contributed by atoms with van der Waals surface area (Å²) < 4.78 is 5.01. The topological polar surface area (TPSA) is 55.0 Å². The number of hydrogen-bond donors (Lipinski definition) is 1. The number of aryl methyl sites for hydroxylation is 1. The van der Waals surface area contributed by atoms with E-state index in [1.165, 1.54) is 7.11 Å². The molecule has 1 aromatic rings. The molecule has 15 heavy (non-hydrogen) atoms. The molecule has 0 saturated carbocycles. The highest BCUT2D eigenvalue weighted by molar-refractivity contribution is 5.19. The van der Waals surface area contributed by atoms with Crippen molar-refractivity contribution in [3.8, 4) is 5.88 Å². The molecule has 0 aromatic carbocycles. The van der Waals surface area contributed by atoms with E-state index in [0.717, 1.165) is 0 Å². The van der Waals surface area contributed by atoms with Gasteiger partial charge in [-0.15, -0.1) is 0 Å². The Morgan fingerprint density at radius 1 is 1.33 bits per heavy atom. The highest BCUT2D eigenvalue weighted by Crippen LogP contribution is 2.13. The van der Waals surface area contributed by atoms with Crippen molar-refractivity contribution in [2.24, 2.45) is 0 Å². The molecule has 0 spiro atoms. The number of rotatable bonds is 2. The molecule has 0 aliphatic rings. The third kappa shape index (κ3) is 3.38. The minimum atomic E-state index is -0.131. The fourth-order valence-corrected chi connectivity index (χ4v) is 1.12. The van der Waals surface area contributed by atoms with E-state index < -0.39 is 0 Å². The summed E-state index contributed by atoms with van der Waals surface area (Å²) in [6, 6.07) is 0. The van der Waals surface area contributed by atoms with Crippen LogP contribution in [0.5, 0.6) is 5.88 Å². The van der Waals surface area contributed by atoms with Gasteiger partial charge < -0.3 is 9.72 Å². The molecule has 4 heteroatoms. The second-order valence-electron chi connectivity index (χ2n) is 3.24. The Kier molecular flexibility index (Phi) is 5.67. The molecule has 0 atom stereocenters. The Morgan fingerprint density at radius 2 is 1.87 bits per heavy atom. The van der Waals surface area contributed by atoms with Crippen molar-refractivity contribution >= 4 is 0 Å². The summed E-state index contributed by atoms with van der Waals surface area (Å²) >= 11 is 0. The Hall–Kier alpha value is -1.32. The fraction of sp³-hybridized carbons (Fsp3) is 0.636. The minimum absolute atomic E-state index is 0.109. The van der Waals surface area contributed by atoms with Gasteiger partial charge in [-0.3, -0.25) is 4.79 Å². The predicted molar refractivity (Wildman–Crippen MR) is 61.6 cm³/mol. The molecule has 1 aromatic heterocycles. The first kappa shape index (κ1) is 13.7. The summed E-state index contributed by atoms with van der Waals surface area (Å²) in [4.78, 5) is 18.2. The van der Waals surface area contributed by atoms with Gasteiger partial charge in [-0.2, -0.15) is 0 Å². The van der Waals surface area contributed by atoms with Crippen LogP contribution in [0.4, 0.5) is 0 Å². The summed E-state index contributed by atoms with van der Waals surface area (Å²) in [5, 5.41) is 0. The zero-order valence-electron chi connectivity index (χ0n) is 10.3. The molecule has 1 N–H and O–H groups in total. The number of H-pyrrole nitrogens is 1. The summed E-state index contributed by atoms with van der Waals surface area (Å²) in [6.45, 7) is 9.61. The van der Waals surface area contributed by atoms with Crippen molar-refractivity contribution in [3.63, 3.8) is 0 Å². The van der Waals surface area contributed by atoms with Crippen LogP contribution >= 0.6 is 0 Å². The second-order valence-corrected chi connectivity index (χ2v) is 3.24. The van der Waals surface area contributed by atoms with Gasteiger partial charge in [0.2, 0.25) is 5.88 Å². The van der Waals surface area contributed by atoms with Gasteiger partial charge in [-0.05, 0) is 6.92 Å². The molecule has 4 nitrogen and oxygen atoms in total. The highest BCUT2D eigenvalue weighted by Gasteiger charge is 2.10. The normalized spacial score (nSPS) is 9.53. The van der Waals surface area contributed by atoms with Gasteiger partial charge in [0.25, 0.3) is 5.56 Å². The van der Waals surface area contributed by atoms with Gasteiger partial charge in [0, 0.05) is 5.92 Å². The van der Waals surface area contributed by atoms with Crippen LogP contribution in [0, 0.1) is 6.92 Å². The van der Waals surface area contributed by atoms with Gasteiger partial charge in [0.05, 0.1) is 12.8 Å². The molecule has 0 bridgehead atoms. The lowest BCUT2D eigenvalue weighted by Crippen LogP contribution is -2.18. The Morgan fingerprint density at radius 3 is 2.27 bits per heavy atom. The van der Waals surface area contributed by atoms with E-state index in [9.17, 15) is 4.79 Å². The first-order chi connectivity index (χ1) is 7.06. The van der Waals surface area contributed by atoms with E-state index in [2.05, 4.69) is 9.97 Å². The Labute approximate surface area is 90.7 Å². The van der Waals surface area contributed by atoms with Crippen LogP contribution < -0.4 is 10.3 Å². The summed E-state index contributed by atoms with van der Waals surface area (Å²) in [6.07, 6.45) is 0. The lowest BCUT2D eigenvalue weighted by atomic mass is 10.1. The number of aromatic amines is 1.